The SMILES string of the molecule is C=C(F)C(=O)N1CCN(c2nc(OCC34CCCN3C[C@H](F)C4)nc3cc(-c4cccc5c4[C@@H]4C[C@@H]4C5)ccc23)C[C@@H]1CC#N. The molecule has 8 rings (SSSR count). The Morgan fingerprint density at radius 1 is 1.18 bits per heavy atom. The van der Waals surface area contributed by atoms with Crippen LogP contribution in [0.5, 0.6) is 6.01 Å². The zero-order valence-electron chi connectivity index (χ0n) is 25.2. The first-order chi connectivity index (χ1) is 21.8. The van der Waals surface area contributed by atoms with Crippen molar-refractivity contribution in [3.8, 4) is 23.2 Å². The van der Waals surface area contributed by atoms with E-state index in [0.29, 0.717) is 44.4 Å². The lowest BCUT2D eigenvalue weighted by molar-refractivity contribution is -0.131. The Bertz CT molecular complexity index is 1760. The highest BCUT2D eigenvalue weighted by Crippen LogP contribution is 2.58. The van der Waals surface area contributed by atoms with Crippen LogP contribution in [-0.2, 0) is 11.2 Å². The summed E-state index contributed by atoms with van der Waals surface area (Å²) in [5.74, 6) is 0.239. The summed E-state index contributed by atoms with van der Waals surface area (Å²) < 4.78 is 34.7. The lowest BCUT2D eigenvalue weighted by atomic mass is 9.94. The highest BCUT2D eigenvalue weighted by Gasteiger charge is 2.49. The van der Waals surface area contributed by atoms with Crippen molar-refractivity contribution in [1.82, 2.24) is 19.8 Å². The fourth-order valence-electron chi connectivity index (χ4n) is 8.55. The van der Waals surface area contributed by atoms with E-state index in [1.807, 2.05) is 11.0 Å². The molecule has 4 fully saturated rings. The molecule has 0 N–H and O–H groups in total. The van der Waals surface area contributed by atoms with Gasteiger partial charge in [-0.3, -0.25) is 9.69 Å². The quantitative estimate of drug-likeness (QED) is 0.335. The summed E-state index contributed by atoms with van der Waals surface area (Å²) in [7, 11) is 0. The summed E-state index contributed by atoms with van der Waals surface area (Å²) in [6, 6.07) is 14.7. The van der Waals surface area contributed by atoms with Crippen molar-refractivity contribution in [2.24, 2.45) is 5.92 Å². The largest absolute Gasteiger partial charge is 0.461 e. The molecule has 1 unspecified atom stereocenters. The Morgan fingerprint density at radius 2 is 2.07 bits per heavy atom. The van der Waals surface area contributed by atoms with Crippen LogP contribution < -0.4 is 9.64 Å². The van der Waals surface area contributed by atoms with Crippen LogP contribution in [0.15, 0.2) is 48.8 Å². The van der Waals surface area contributed by atoms with Gasteiger partial charge in [0.25, 0.3) is 5.91 Å². The maximum atomic E-state index is 14.5. The molecule has 1 saturated carbocycles. The number of nitriles is 1. The molecule has 232 valence electrons. The van der Waals surface area contributed by atoms with Gasteiger partial charge in [-0.15, -0.1) is 0 Å². The molecule has 2 aliphatic carbocycles. The van der Waals surface area contributed by atoms with Gasteiger partial charge in [-0.05, 0) is 78.5 Å². The van der Waals surface area contributed by atoms with Gasteiger partial charge in [-0.2, -0.15) is 15.2 Å². The minimum Gasteiger partial charge on any atom is -0.461 e. The number of aromatic nitrogens is 2. The molecule has 2 aromatic carbocycles. The number of halogens is 2. The van der Waals surface area contributed by atoms with Gasteiger partial charge in [0.05, 0.1) is 29.6 Å². The van der Waals surface area contributed by atoms with Crippen molar-refractivity contribution < 1.29 is 18.3 Å². The van der Waals surface area contributed by atoms with Crippen LogP contribution in [0.2, 0.25) is 0 Å². The average Bonchev–Trinajstić information content (AvgIpc) is 3.36. The standard InChI is InChI=1S/C35H36F2N6O2/c1-21(36)33(44)43-13-12-41(19-26(43)8-10-38)32-28-7-6-22(27-5-2-4-23-14-24-15-29(24)31(23)27)16-30(28)39-34(40-32)45-20-35-9-3-11-42(35)18-25(37)17-35/h2,4-7,16,24-26,29H,1,3,8-9,11-15,17-20H2/t24-,25+,26-,29+,35?/m0/s1. The highest BCUT2D eigenvalue weighted by molar-refractivity contribution is 5.94. The summed E-state index contributed by atoms with van der Waals surface area (Å²) in [6.45, 7) is 5.72. The molecule has 1 amide bonds. The second kappa shape index (κ2) is 10.8. The van der Waals surface area contributed by atoms with E-state index in [2.05, 4.69) is 47.9 Å². The Kier molecular flexibility index (Phi) is 6.79. The number of fused-ring (bicyclic) bond motifs is 5. The molecule has 4 heterocycles. The number of hydrogen-bond acceptors (Lipinski definition) is 7. The smallest absolute Gasteiger partial charge is 0.319 e. The Morgan fingerprint density at radius 3 is 2.91 bits per heavy atom. The number of ether oxygens (including phenoxy) is 1. The zero-order valence-corrected chi connectivity index (χ0v) is 25.2. The molecule has 1 aromatic heterocycles. The summed E-state index contributed by atoms with van der Waals surface area (Å²) in [5, 5.41) is 10.4. The number of hydrogen-bond donors (Lipinski definition) is 0. The van der Waals surface area contributed by atoms with Crippen molar-refractivity contribution in [1.29, 1.82) is 5.26 Å². The molecular formula is C35H36F2N6O2. The van der Waals surface area contributed by atoms with Gasteiger partial charge in [0.1, 0.15) is 18.6 Å². The van der Waals surface area contributed by atoms with Crippen LogP contribution >= 0.6 is 0 Å². The van der Waals surface area contributed by atoms with Gasteiger partial charge in [-0.25, -0.2) is 8.78 Å². The number of alkyl halides is 1. The van der Waals surface area contributed by atoms with Gasteiger partial charge in [0.2, 0.25) is 0 Å². The van der Waals surface area contributed by atoms with Gasteiger partial charge in [0.15, 0.2) is 5.83 Å². The van der Waals surface area contributed by atoms with Crippen LogP contribution in [-0.4, -0.2) is 82.8 Å². The van der Waals surface area contributed by atoms with E-state index in [9.17, 15) is 18.8 Å². The molecule has 0 spiro atoms. The minimum atomic E-state index is -1.03. The van der Waals surface area contributed by atoms with E-state index >= 15 is 0 Å². The number of nitrogens with zero attached hydrogens (tertiary/aromatic N) is 6. The summed E-state index contributed by atoms with van der Waals surface area (Å²) in [4.78, 5) is 28.0. The number of carbonyl (C=O) groups is 1. The fourth-order valence-corrected chi connectivity index (χ4v) is 8.55. The lowest BCUT2D eigenvalue weighted by Gasteiger charge is -2.41. The number of piperazine rings is 1. The molecule has 5 atom stereocenters. The van der Waals surface area contributed by atoms with E-state index in [-0.39, 0.29) is 24.5 Å². The number of rotatable bonds is 7. The number of carbonyl (C=O) groups excluding carboxylic acids is 1. The molecule has 0 bridgehead atoms. The van der Waals surface area contributed by atoms with Crippen molar-refractivity contribution in [3.63, 3.8) is 0 Å². The summed E-state index contributed by atoms with van der Waals surface area (Å²) in [5.41, 5.74) is 5.64. The Labute approximate surface area is 261 Å². The van der Waals surface area contributed by atoms with Crippen LogP contribution in [0.1, 0.15) is 49.1 Å². The average molecular weight is 611 g/mol. The second-order valence-electron chi connectivity index (χ2n) is 13.5. The predicted molar refractivity (Wildman–Crippen MR) is 166 cm³/mol. The normalized spacial score (nSPS) is 28.5. The van der Waals surface area contributed by atoms with Crippen molar-refractivity contribution in [2.75, 3.05) is 44.2 Å². The maximum Gasteiger partial charge on any atom is 0.319 e. The van der Waals surface area contributed by atoms with Crippen LogP contribution in [0.3, 0.4) is 0 Å². The highest BCUT2D eigenvalue weighted by atomic mass is 19.1. The summed E-state index contributed by atoms with van der Waals surface area (Å²) >= 11 is 0. The number of amides is 1. The van der Waals surface area contributed by atoms with Gasteiger partial charge >= 0.3 is 6.01 Å². The van der Waals surface area contributed by atoms with Crippen LogP contribution in [0.25, 0.3) is 22.0 Å². The Hall–Kier alpha value is -4.10. The minimum absolute atomic E-state index is 0.0517. The molecule has 5 aliphatic rings. The monoisotopic (exact) mass is 610 g/mol. The first-order valence-corrected chi connectivity index (χ1v) is 16.1. The van der Waals surface area contributed by atoms with E-state index < -0.39 is 23.9 Å². The molecule has 3 aromatic rings. The first kappa shape index (κ1) is 28.4. The molecular weight excluding hydrogens is 574 g/mol. The first-order valence-electron chi connectivity index (χ1n) is 16.1. The third kappa shape index (κ3) is 4.83. The number of benzene rings is 2. The van der Waals surface area contributed by atoms with Crippen molar-refractivity contribution in [3.05, 3.63) is 59.9 Å². The van der Waals surface area contributed by atoms with E-state index in [4.69, 9.17) is 14.7 Å². The van der Waals surface area contributed by atoms with E-state index in [1.54, 1.807) is 0 Å². The van der Waals surface area contributed by atoms with Crippen LogP contribution in [0, 0.1) is 17.2 Å². The third-order valence-electron chi connectivity index (χ3n) is 10.8. The lowest BCUT2D eigenvalue weighted by Crippen LogP contribution is -2.55. The second-order valence-corrected chi connectivity index (χ2v) is 13.5. The summed E-state index contributed by atoms with van der Waals surface area (Å²) in [6.07, 6.45) is 3.94. The fraction of sp³-hybridized carbons (Fsp3) is 0.486. The molecule has 3 aliphatic heterocycles. The topological polar surface area (TPSA) is 85.6 Å². The zero-order chi connectivity index (χ0) is 30.9. The van der Waals surface area contributed by atoms with E-state index in [0.717, 1.165) is 48.2 Å². The molecule has 3 saturated heterocycles. The van der Waals surface area contributed by atoms with Crippen molar-refractivity contribution in [2.45, 2.75) is 62.2 Å². The molecule has 0 radical (unpaired) electrons. The van der Waals surface area contributed by atoms with Gasteiger partial charge < -0.3 is 14.5 Å². The maximum absolute atomic E-state index is 14.5. The number of anilines is 1. The predicted octanol–water partition coefficient (Wildman–Crippen LogP) is 5.33. The van der Waals surface area contributed by atoms with Crippen molar-refractivity contribution >= 4 is 22.6 Å². The van der Waals surface area contributed by atoms with Gasteiger partial charge in [0, 0.05) is 38.0 Å². The van der Waals surface area contributed by atoms with Crippen LogP contribution in [0.4, 0.5) is 14.6 Å². The van der Waals surface area contributed by atoms with Gasteiger partial charge in [-0.1, -0.05) is 30.8 Å². The Balaban J connectivity index is 1.17. The molecule has 10 heteroatoms. The third-order valence-corrected chi connectivity index (χ3v) is 10.8. The van der Waals surface area contributed by atoms with E-state index in [1.165, 1.54) is 28.0 Å². The molecule has 8 nitrogen and oxygen atoms in total. The molecule has 45 heavy (non-hydrogen) atoms.